The van der Waals surface area contributed by atoms with E-state index in [1.807, 2.05) is 0 Å². The number of hydrogen-bond acceptors (Lipinski definition) is 2. The molecule has 1 aromatic rings. The third-order valence-corrected chi connectivity index (χ3v) is 5.13. The SMILES string of the molecule is CCCC/C=C\CO[C@H]1CCc2cc(C(CN)CCC)ccc2C1. The van der Waals surface area contributed by atoms with Gasteiger partial charge in [0.1, 0.15) is 0 Å². The largest absolute Gasteiger partial charge is 0.374 e. The van der Waals surface area contributed by atoms with Crippen molar-refractivity contribution in [2.24, 2.45) is 5.73 Å². The number of benzene rings is 1. The number of fused-ring (bicyclic) bond motifs is 1. The minimum absolute atomic E-state index is 0.375. The van der Waals surface area contributed by atoms with Gasteiger partial charge in [0.15, 0.2) is 0 Å². The van der Waals surface area contributed by atoms with E-state index in [0.717, 1.165) is 32.4 Å². The second-order valence-corrected chi connectivity index (χ2v) is 7.06. The van der Waals surface area contributed by atoms with Crippen molar-refractivity contribution >= 4 is 0 Å². The zero-order chi connectivity index (χ0) is 17.2. The van der Waals surface area contributed by atoms with Gasteiger partial charge in [0.25, 0.3) is 0 Å². The van der Waals surface area contributed by atoms with Gasteiger partial charge >= 0.3 is 0 Å². The summed E-state index contributed by atoms with van der Waals surface area (Å²) in [4.78, 5) is 0. The third kappa shape index (κ3) is 5.75. The Morgan fingerprint density at radius 1 is 1.21 bits per heavy atom. The van der Waals surface area contributed by atoms with Crippen LogP contribution in [0.3, 0.4) is 0 Å². The molecule has 1 aromatic carbocycles. The van der Waals surface area contributed by atoms with Crippen LogP contribution in [0.25, 0.3) is 0 Å². The molecule has 2 rings (SSSR count). The molecule has 2 atom stereocenters. The van der Waals surface area contributed by atoms with E-state index >= 15 is 0 Å². The monoisotopic (exact) mass is 329 g/mol. The molecule has 0 aromatic heterocycles. The van der Waals surface area contributed by atoms with E-state index in [0.29, 0.717) is 12.0 Å². The fraction of sp³-hybridized carbons (Fsp3) is 0.636. The predicted octanol–water partition coefficient (Wildman–Crippen LogP) is 5.15. The van der Waals surface area contributed by atoms with Crippen molar-refractivity contribution < 1.29 is 4.74 Å². The summed E-state index contributed by atoms with van der Waals surface area (Å²) >= 11 is 0. The number of hydrogen-bond donors (Lipinski definition) is 1. The van der Waals surface area contributed by atoms with Crippen LogP contribution in [0.2, 0.25) is 0 Å². The number of nitrogens with two attached hydrogens (primary N) is 1. The standard InChI is InChI=1S/C22H35NO/c1-3-5-6-7-8-14-24-22-13-12-18-15-19(10-11-20(18)16-22)21(17-23)9-4-2/h7-8,10-11,15,21-22H,3-6,9,12-14,16-17,23H2,1-2H3/b8-7-/t21?,22-/m0/s1. The Morgan fingerprint density at radius 3 is 2.83 bits per heavy atom. The van der Waals surface area contributed by atoms with Gasteiger partial charge in [-0.25, -0.2) is 0 Å². The van der Waals surface area contributed by atoms with Crippen LogP contribution >= 0.6 is 0 Å². The zero-order valence-electron chi connectivity index (χ0n) is 15.6. The molecule has 24 heavy (non-hydrogen) atoms. The summed E-state index contributed by atoms with van der Waals surface area (Å²) in [6.07, 6.45) is 14.2. The molecule has 0 amide bonds. The maximum atomic E-state index is 6.05. The van der Waals surface area contributed by atoms with E-state index < -0.39 is 0 Å². The lowest BCUT2D eigenvalue weighted by atomic mass is 9.85. The normalized spacial score (nSPS) is 18.7. The van der Waals surface area contributed by atoms with Gasteiger partial charge < -0.3 is 10.5 Å². The van der Waals surface area contributed by atoms with Crippen LogP contribution in [-0.4, -0.2) is 19.3 Å². The number of ether oxygens (including phenoxy) is 1. The first kappa shape index (κ1) is 19.2. The molecule has 0 saturated carbocycles. The van der Waals surface area contributed by atoms with E-state index in [9.17, 15) is 0 Å². The summed E-state index contributed by atoms with van der Waals surface area (Å²) in [6, 6.07) is 7.01. The van der Waals surface area contributed by atoms with Crippen molar-refractivity contribution in [1.82, 2.24) is 0 Å². The average Bonchev–Trinajstić information content (AvgIpc) is 2.62. The van der Waals surface area contributed by atoms with E-state index in [4.69, 9.17) is 10.5 Å². The molecule has 0 heterocycles. The lowest BCUT2D eigenvalue weighted by molar-refractivity contribution is 0.0641. The highest BCUT2D eigenvalue weighted by Crippen LogP contribution is 2.28. The second kappa shape index (κ2) is 10.7. The van der Waals surface area contributed by atoms with Crippen molar-refractivity contribution in [1.29, 1.82) is 0 Å². The first-order valence-corrected chi connectivity index (χ1v) is 9.86. The van der Waals surface area contributed by atoms with Gasteiger partial charge in [-0.2, -0.15) is 0 Å². The van der Waals surface area contributed by atoms with Crippen molar-refractivity contribution in [3.05, 3.63) is 47.0 Å². The molecule has 2 nitrogen and oxygen atoms in total. The van der Waals surface area contributed by atoms with Crippen molar-refractivity contribution in [2.45, 2.75) is 77.2 Å². The van der Waals surface area contributed by atoms with Gasteiger partial charge in [-0.05, 0) is 61.3 Å². The zero-order valence-corrected chi connectivity index (χ0v) is 15.6. The molecule has 0 radical (unpaired) electrons. The van der Waals surface area contributed by atoms with Gasteiger partial charge in [-0.3, -0.25) is 0 Å². The Balaban J connectivity index is 1.86. The quantitative estimate of drug-likeness (QED) is 0.476. The molecular formula is C22H35NO. The van der Waals surface area contributed by atoms with Gasteiger partial charge in [0.2, 0.25) is 0 Å². The Bertz CT molecular complexity index is 509. The van der Waals surface area contributed by atoms with Crippen LogP contribution in [0.5, 0.6) is 0 Å². The highest BCUT2D eigenvalue weighted by molar-refractivity contribution is 5.36. The van der Waals surface area contributed by atoms with Crippen LogP contribution in [0.1, 0.15) is 75.0 Å². The average molecular weight is 330 g/mol. The fourth-order valence-corrected chi connectivity index (χ4v) is 3.61. The third-order valence-electron chi connectivity index (χ3n) is 5.13. The van der Waals surface area contributed by atoms with Crippen LogP contribution in [0.15, 0.2) is 30.4 Å². The second-order valence-electron chi connectivity index (χ2n) is 7.06. The van der Waals surface area contributed by atoms with Gasteiger partial charge in [0.05, 0.1) is 12.7 Å². The van der Waals surface area contributed by atoms with Gasteiger partial charge in [0, 0.05) is 0 Å². The molecule has 0 bridgehead atoms. The smallest absolute Gasteiger partial charge is 0.0651 e. The number of rotatable bonds is 10. The summed E-state index contributed by atoms with van der Waals surface area (Å²) in [6.45, 7) is 5.98. The van der Waals surface area contributed by atoms with Crippen molar-refractivity contribution in [3.8, 4) is 0 Å². The Labute approximate surface area is 148 Å². The summed E-state index contributed by atoms with van der Waals surface area (Å²) in [5, 5.41) is 0. The predicted molar refractivity (Wildman–Crippen MR) is 104 cm³/mol. The Kier molecular flexibility index (Phi) is 8.55. The molecule has 2 N–H and O–H groups in total. The van der Waals surface area contributed by atoms with E-state index in [2.05, 4.69) is 44.2 Å². The summed E-state index contributed by atoms with van der Waals surface area (Å²) in [7, 11) is 0. The van der Waals surface area contributed by atoms with Crippen LogP contribution in [-0.2, 0) is 17.6 Å². The Morgan fingerprint density at radius 2 is 2.08 bits per heavy atom. The number of unbranched alkanes of at least 4 members (excludes halogenated alkanes) is 2. The topological polar surface area (TPSA) is 35.2 Å². The minimum atomic E-state index is 0.375. The molecule has 0 saturated heterocycles. The lowest BCUT2D eigenvalue weighted by Gasteiger charge is -2.26. The molecule has 0 spiro atoms. The highest BCUT2D eigenvalue weighted by atomic mass is 16.5. The molecule has 134 valence electrons. The number of aryl methyl sites for hydroxylation is 1. The number of allylic oxidation sites excluding steroid dienone is 1. The van der Waals surface area contributed by atoms with Crippen molar-refractivity contribution in [3.63, 3.8) is 0 Å². The van der Waals surface area contributed by atoms with Crippen LogP contribution < -0.4 is 5.73 Å². The molecule has 2 heteroatoms. The first-order chi connectivity index (χ1) is 11.8. The Hall–Kier alpha value is -1.12. The van der Waals surface area contributed by atoms with Crippen molar-refractivity contribution in [2.75, 3.05) is 13.2 Å². The van der Waals surface area contributed by atoms with E-state index in [-0.39, 0.29) is 0 Å². The van der Waals surface area contributed by atoms with Crippen LogP contribution in [0, 0.1) is 0 Å². The highest BCUT2D eigenvalue weighted by Gasteiger charge is 2.20. The first-order valence-electron chi connectivity index (χ1n) is 9.86. The molecule has 1 unspecified atom stereocenters. The van der Waals surface area contributed by atoms with Gasteiger partial charge in [-0.15, -0.1) is 0 Å². The van der Waals surface area contributed by atoms with E-state index in [1.165, 1.54) is 48.8 Å². The van der Waals surface area contributed by atoms with E-state index in [1.54, 1.807) is 0 Å². The molecule has 1 aliphatic carbocycles. The minimum Gasteiger partial charge on any atom is -0.374 e. The maximum absolute atomic E-state index is 6.05. The lowest BCUT2D eigenvalue weighted by Crippen LogP contribution is -2.23. The molecular weight excluding hydrogens is 294 g/mol. The summed E-state index contributed by atoms with van der Waals surface area (Å²) in [5.74, 6) is 0.516. The summed E-state index contributed by atoms with van der Waals surface area (Å²) in [5.41, 5.74) is 10.4. The molecule has 0 aliphatic heterocycles. The van der Waals surface area contributed by atoms with Crippen LogP contribution in [0.4, 0.5) is 0 Å². The summed E-state index contributed by atoms with van der Waals surface area (Å²) < 4.78 is 6.05. The maximum Gasteiger partial charge on any atom is 0.0651 e. The molecule has 0 fully saturated rings. The van der Waals surface area contributed by atoms with Gasteiger partial charge in [-0.1, -0.05) is 63.5 Å². The molecule has 1 aliphatic rings. The fourth-order valence-electron chi connectivity index (χ4n) is 3.61.